The minimum Gasteiger partial charge on any atom is -0.343 e. The molecule has 2 aromatic rings. The number of aryl methyl sites for hydroxylation is 1. The topological polar surface area (TPSA) is 86.8 Å². The molecule has 0 bridgehead atoms. The SMILES string of the molecule is Cc1ccccc1C(=O)NCC(=O)N1CCN(S(=O)(=O)c2ccc(Br)s2)CC1. The second-order valence-corrected chi connectivity index (χ2v) is 11.0. The molecule has 0 radical (unpaired) electrons. The van der Waals surface area contributed by atoms with E-state index < -0.39 is 10.0 Å². The number of hydrogen-bond acceptors (Lipinski definition) is 5. The van der Waals surface area contributed by atoms with Crippen LogP contribution in [0.15, 0.2) is 44.4 Å². The van der Waals surface area contributed by atoms with E-state index in [4.69, 9.17) is 0 Å². The average molecular weight is 486 g/mol. The number of carbonyl (C=O) groups excluding carboxylic acids is 2. The molecule has 1 N–H and O–H groups in total. The van der Waals surface area contributed by atoms with Crippen LogP contribution in [-0.2, 0) is 14.8 Å². The predicted molar refractivity (Wildman–Crippen MR) is 111 cm³/mol. The van der Waals surface area contributed by atoms with Crippen molar-refractivity contribution in [3.05, 3.63) is 51.3 Å². The summed E-state index contributed by atoms with van der Waals surface area (Å²) in [5.41, 5.74) is 1.37. The summed E-state index contributed by atoms with van der Waals surface area (Å²) < 4.78 is 27.7. The fraction of sp³-hybridized carbons (Fsp3) is 0.333. The summed E-state index contributed by atoms with van der Waals surface area (Å²) in [6, 6.07) is 10.4. The van der Waals surface area contributed by atoms with Crippen LogP contribution in [0.5, 0.6) is 0 Å². The molecule has 0 atom stereocenters. The van der Waals surface area contributed by atoms with Crippen molar-refractivity contribution in [1.29, 1.82) is 0 Å². The van der Waals surface area contributed by atoms with Crippen LogP contribution in [0.3, 0.4) is 0 Å². The van der Waals surface area contributed by atoms with E-state index in [1.165, 1.54) is 4.31 Å². The van der Waals surface area contributed by atoms with Crippen LogP contribution < -0.4 is 5.32 Å². The number of piperazine rings is 1. The summed E-state index contributed by atoms with van der Waals surface area (Å²) in [7, 11) is -3.54. The molecule has 1 saturated heterocycles. The number of halogens is 1. The maximum atomic E-state index is 12.6. The molecule has 28 heavy (non-hydrogen) atoms. The highest BCUT2D eigenvalue weighted by Gasteiger charge is 2.31. The first kappa shape index (κ1) is 21.0. The van der Waals surface area contributed by atoms with Crippen molar-refractivity contribution in [3.63, 3.8) is 0 Å². The first-order valence-electron chi connectivity index (χ1n) is 8.66. The van der Waals surface area contributed by atoms with Gasteiger partial charge in [0.05, 0.1) is 10.3 Å². The molecule has 0 saturated carbocycles. The van der Waals surface area contributed by atoms with E-state index in [1.807, 2.05) is 19.1 Å². The second-order valence-electron chi connectivity index (χ2n) is 6.34. The molecule has 0 unspecified atom stereocenters. The number of carbonyl (C=O) groups is 2. The van der Waals surface area contributed by atoms with Gasteiger partial charge in [-0.3, -0.25) is 9.59 Å². The molecular formula is C18H20BrN3O4S2. The van der Waals surface area contributed by atoms with E-state index in [0.29, 0.717) is 18.7 Å². The number of amides is 2. The lowest BCUT2D eigenvalue weighted by Gasteiger charge is -2.33. The van der Waals surface area contributed by atoms with Crippen LogP contribution in [0.2, 0.25) is 0 Å². The van der Waals surface area contributed by atoms with Crippen molar-refractivity contribution < 1.29 is 18.0 Å². The van der Waals surface area contributed by atoms with Gasteiger partial charge in [-0.15, -0.1) is 11.3 Å². The van der Waals surface area contributed by atoms with E-state index in [9.17, 15) is 18.0 Å². The highest BCUT2D eigenvalue weighted by molar-refractivity contribution is 9.11. The molecule has 3 rings (SSSR count). The molecule has 1 aliphatic heterocycles. The van der Waals surface area contributed by atoms with Crippen molar-refractivity contribution in [3.8, 4) is 0 Å². The third-order valence-corrected chi connectivity index (χ3v) is 8.51. The first-order chi connectivity index (χ1) is 13.3. The highest BCUT2D eigenvalue weighted by Crippen LogP contribution is 2.28. The molecule has 1 aliphatic rings. The molecule has 7 nitrogen and oxygen atoms in total. The van der Waals surface area contributed by atoms with Crippen LogP contribution >= 0.6 is 27.3 Å². The Labute approximate surface area is 176 Å². The van der Waals surface area contributed by atoms with Gasteiger partial charge in [0.15, 0.2) is 0 Å². The van der Waals surface area contributed by atoms with Crippen molar-refractivity contribution >= 4 is 49.1 Å². The Hall–Kier alpha value is -1.75. The quantitative estimate of drug-likeness (QED) is 0.702. The van der Waals surface area contributed by atoms with Crippen molar-refractivity contribution in [2.24, 2.45) is 0 Å². The third-order valence-electron chi connectivity index (χ3n) is 4.52. The smallest absolute Gasteiger partial charge is 0.252 e. The third kappa shape index (κ3) is 4.62. The van der Waals surface area contributed by atoms with Crippen LogP contribution in [0.1, 0.15) is 15.9 Å². The normalized spacial score (nSPS) is 15.4. The van der Waals surface area contributed by atoms with Gasteiger partial charge >= 0.3 is 0 Å². The standard InChI is InChI=1S/C18H20BrN3O4S2/c1-13-4-2-3-5-14(13)18(24)20-12-16(23)21-8-10-22(11-9-21)28(25,26)17-7-6-15(19)27-17/h2-7H,8-12H2,1H3,(H,20,24). The Morgan fingerprint density at radius 2 is 1.79 bits per heavy atom. The van der Waals surface area contributed by atoms with Crippen LogP contribution in [0.4, 0.5) is 0 Å². The molecule has 1 aromatic heterocycles. The lowest BCUT2D eigenvalue weighted by molar-refractivity contribution is -0.131. The second kappa shape index (κ2) is 8.73. The van der Waals surface area contributed by atoms with Gasteiger partial charge in [0.25, 0.3) is 15.9 Å². The van der Waals surface area contributed by atoms with Crippen molar-refractivity contribution in [2.75, 3.05) is 32.7 Å². The molecule has 0 spiro atoms. The Balaban J connectivity index is 1.53. The average Bonchev–Trinajstić information content (AvgIpc) is 3.13. The summed E-state index contributed by atoms with van der Waals surface area (Å²) in [5.74, 6) is -0.520. The summed E-state index contributed by atoms with van der Waals surface area (Å²) in [6.07, 6.45) is 0. The number of hydrogen-bond donors (Lipinski definition) is 1. The van der Waals surface area contributed by atoms with E-state index >= 15 is 0 Å². The molecule has 2 amide bonds. The van der Waals surface area contributed by atoms with Crippen LogP contribution in [0.25, 0.3) is 0 Å². The Morgan fingerprint density at radius 3 is 2.39 bits per heavy atom. The minimum absolute atomic E-state index is 0.113. The number of thiophene rings is 1. The zero-order valence-electron chi connectivity index (χ0n) is 15.2. The van der Waals surface area contributed by atoms with Gasteiger partial charge < -0.3 is 10.2 Å². The molecule has 1 fully saturated rings. The number of nitrogens with zero attached hydrogens (tertiary/aromatic N) is 2. The lowest BCUT2D eigenvalue weighted by Crippen LogP contribution is -2.52. The zero-order chi connectivity index (χ0) is 20.3. The highest BCUT2D eigenvalue weighted by atomic mass is 79.9. The first-order valence-corrected chi connectivity index (χ1v) is 11.7. The number of benzene rings is 1. The minimum atomic E-state index is -3.54. The number of nitrogens with one attached hydrogen (secondary N) is 1. The van der Waals surface area contributed by atoms with Gasteiger partial charge in [0.2, 0.25) is 5.91 Å². The van der Waals surface area contributed by atoms with E-state index in [0.717, 1.165) is 20.7 Å². The maximum absolute atomic E-state index is 12.6. The van der Waals surface area contributed by atoms with Crippen molar-refractivity contribution in [2.45, 2.75) is 11.1 Å². The summed E-state index contributed by atoms with van der Waals surface area (Å²) in [6.45, 7) is 2.78. The molecule has 0 aliphatic carbocycles. The maximum Gasteiger partial charge on any atom is 0.252 e. The van der Waals surface area contributed by atoms with Gasteiger partial charge in [-0.2, -0.15) is 4.31 Å². The summed E-state index contributed by atoms with van der Waals surface area (Å²) >= 11 is 4.44. The lowest BCUT2D eigenvalue weighted by atomic mass is 10.1. The van der Waals surface area contributed by atoms with Crippen LogP contribution in [-0.4, -0.2) is 62.2 Å². The molecule has 10 heteroatoms. The summed E-state index contributed by atoms with van der Waals surface area (Å²) in [4.78, 5) is 26.2. The molecule has 2 heterocycles. The molecule has 1 aromatic carbocycles. The van der Waals surface area contributed by atoms with Crippen molar-refractivity contribution in [1.82, 2.24) is 14.5 Å². The Kier molecular flexibility index (Phi) is 6.54. The fourth-order valence-electron chi connectivity index (χ4n) is 2.93. The van der Waals surface area contributed by atoms with Crippen LogP contribution in [0, 0.1) is 6.92 Å². The van der Waals surface area contributed by atoms with Gasteiger partial charge in [0, 0.05) is 31.7 Å². The van der Waals surface area contributed by atoms with Gasteiger partial charge in [-0.05, 0) is 46.6 Å². The predicted octanol–water partition coefficient (Wildman–Crippen LogP) is 2.08. The molecular weight excluding hydrogens is 466 g/mol. The van der Waals surface area contributed by atoms with Gasteiger partial charge in [-0.25, -0.2) is 8.42 Å². The van der Waals surface area contributed by atoms with E-state index in [2.05, 4.69) is 21.2 Å². The van der Waals surface area contributed by atoms with Gasteiger partial charge in [-0.1, -0.05) is 18.2 Å². The largest absolute Gasteiger partial charge is 0.343 e. The zero-order valence-corrected chi connectivity index (χ0v) is 18.4. The number of sulfonamides is 1. The fourth-order valence-corrected chi connectivity index (χ4v) is 6.52. The number of rotatable bonds is 5. The summed E-state index contributed by atoms with van der Waals surface area (Å²) in [5, 5.41) is 2.64. The van der Waals surface area contributed by atoms with E-state index in [1.54, 1.807) is 29.2 Å². The monoisotopic (exact) mass is 485 g/mol. The van der Waals surface area contributed by atoms with Gasteiger partial charge in [0.1, 0.15) is 4.21 Å². The van der Waals surface area contributed by atoms with E-state index in [-0.39, 0.29) is 35.7 Å². The molecule has 150 valence electrons. The Morgan fingerprint density at radius 1 is 1.11 bits per heavy atom. The Bertz CT molecular complexity index is 982.